The molecule has 1 N–H and O–H groups in total. The van der Waals surface area contributed by atoms with E-state index in [0.29, 0.717) is 0 Å². The van der Waals surface area contributed by atoms with Gasteiger partial charge < -0.3 is 5.32 Å². The molecule has 0 atom stereocenters. The lowest BCUT2D eigenvalue weighted by atomic mass is 10.4. The Bertz CT molecular complexity index is 71.4. The summed E-state index contributed by atoms with van der Waals surface area (Å²) in [5.41, 5.74) is 0. The van der Waals surface area contributed by atoms with Crippen LogP contribution in [0.2, 0.25) is 0 Å². The molecule has 0 aromatic rings. The van der Waals surface area contributed by atoms with E-state index in [2.05, 4.69) is 10.2 Å². The highest BCUT2D eigenvalue weighted by molar-refractivity contribution is 6.18. The van der Waals surface area contributed by atoms with Crippen LogP contribution < -0.4 is 5.32 Å². The van der Waals surface area contributed by atoms with Crippen molar-refractivity contribution in [3.8, 4) is 0 Å². The van der Waals surface area contributed by atoms with Gasteiger partial charge in [0.15, 0.2) is 0 Å². The summed E-state index contributed by atoms with van der Waals surface area (Å²) < 4.78 is 0. The summed E-state index contributed by atoms with van der Waals surface area (Å²) in [5.74, 6) is 0.764. The van der Waals surface area contributed by atoms with Crippen LogP contribution in [0.5, 0.6) is 0 Å². The lowest BCUT2D eigenvalue weighted by Crippen LogP contribution is -2.44. The third-order valence-electron chi connectivity index (χ3n) is 1.61. The van der Waals surface area contributed by atoms with E-state index in [1.165, 1.54) is 0 Å². The van der Waals surface area contributed by atoms with Crippen LogP contribution in [-0.2, 0) is 0 Å². The van der Waals surface area contributed by atoms with E-state index < -0.39 is 0 Å². The first-order valence-corrected chi connectivity index (χ1v) is 3.96. The molecule has 0 aromatic heterocycles. The number of piperazine rings is 1. The minimum Gasteiger partial charge on any atom is -0.314 e. The number of hydrogen-bond acceptors (Lipinski definition) is 2. The largest absolute Gasteiger partial charge is 0.314 e. The predicted octanol–water partition coefficient (Wildman–Crippen LogP) is 0.552. The Morgan fingerprint density at radius 2 is 1.90 bits per heavy atom. The zero-order valence-corrected chi connectivity index (χ0v) is 7.55. The second-order valence-corrected chi connectivity index (χ2v) is 2.66. The molecule has 2 nitrogen and oxygen atoms in total. The van der Waals surface area contributed by atoms with E-state index in [9.17, 15) is 0 Å². The predicted molar refractivity (Wildman–Crippen MR) is 47.3 cm³/mol. The maximum atomic E-state index is 5.57. The molecule has 1 aliphatic rings. The highest BCUT2D eigenvalue weighted by Gasteiger charge is 2.06. The van der Waals surface area contributed by atoms with Crippen LogP contribution in [0.3, 0.4) is 0 Å². The van der Waals surface area contributed by atoms with Crippen LogP contribution in [0.25, 0.3) is 0 Å². The summed E-state index contributed by atoms with van der Waals surface area (Å²) >= 11 is 5.57. The molecule has 4 heteroatoms. The number of hydrogen-bond donors (Lipinski definition) is 1. The van der Waals surface area contributed by atoms with Gasteiger partial charge in [0.25, 0.3) is 0 Å². The molecule has 1 fully saturated rings. The molecule has 1 rings (SSSR count). The fourth-order valence-corrected chi connectivity index (χ4v) is 1.29. The van der Waals surface area contributed by atoms with Gasteiger partial charge >= 0.3 is 0 Å². The van der Waals surface area contributed by atoms with Gasteiger partial charge in [-0.3, -0.25) is 4.90 Å². The molecule has 0 unspecified atom stereocenters. The van der Waals surface area contributed by atoms with Crippen LogP contribution >= 0.6 is 24.0 Å². The van der Waals surface area contributed by atoms with Crippen molar-refractivity contribution in [3.05, 3.63) is 0 Å². The molecule has 1 saturated heterocycles. The number of halogens is 2. The Kier molecular flexibility index (Phi) is 6.54. The van der Waals surface area contributed by atoms with E-state index >= 15 is 0 Å². The van der Waals surface area contributed by atoms with Gasteiger partial charge in [-0.25, -0.2) is 0 Å². The second kappa shape index (κ2) is 6.23. The Labute approximate surface area is 73.3 Å². The number of alkyl halides is 1. The number of nitrogens with one attached hydrogen (secondary N) is 1. The van der Waals surface area contributed by atoms with Crippen molar-refractivity contribution < 1.29 is 0 Å². The third kappa shape index (κ3) is 3.62. The average Bonchev–Trinajstić information content (AvgIpc) is 1.91. The van der Waals surface area contributed by atoms with Gasteiger partial charge in [-0.1, -0.05) is 0 Å². The van der Waals surface area contributed by atoms with Crippen molar-refractivity contribution in [1.29, 1.82) is 0 Å². The molecule has 0 saturated carbocycles. The van der Waals surface area contributed by atoms with Gasteiger partial charge in [-0.15, -0.1) is 24.0 Å². The monoisotopic (exact) mass is 184 g/mol. The first kappa shape index (κ1) is 10.5. The molecule has 62 valence electrons. The van der Waals surface area contributed by atoms with Gasteiger partial charge in [-0.05, 0) is 0 Å². The summed E-state index contributed by atoms with van der Waals surface area (Å²) in [7, 11) is 0. The van der Waals surface area contributed by atoms with Crippen molar-refractivity contribution in [2.24, 2.45) is 0 Å². The molecule has 0 spiro atoms. The third-order valence-corrected chi connectivity index (χ3v) is 1.78. The first-order chi connectivity index (χ1) is 4.43. The van der Waals surface area contributed by atoms with Crippen molar-refractivity contribution in [2.45, 2.75) is 0 Å². The SMILES string of the molecule is Cl.ClCCN1CCNCC1. The van der Waals surface area contributed by atoms with Crippen molar-refractivity contribution in [2.75, 3.05) is 38.6 Å². The number of nitrogens with zero attached hydrogens (tertiary/aromatic N) is 1. The Balaban J connectivity index is 0.000000810. The van der Waals surface area contributed by atoms with E-state index in [4.69, 9.17) is 11.6 Å². The van der Waals surface area contributed by atoms with E-state index in [1.54, 1.807) is 0 Å². The fraction of sp³-hybridized carbons (Fsp3) is 1.00. The van der Waals surface area contributed by atoms with E-state index in [1.807, 2.05) is 0 Å². The highest BCUT2D eigenvalue weighted by Crippen LogP contribution is 1.91. The van der Waals surface area contributed by atoms with Crippen LogP contribution in [0, 0.1) is 0 Å². The lowest BCUT2D eigenvalue weighted by Gasteiger charge is -2.25. The van der Waals surface area contributed by atoms with Crippen molar-refractivity contribution in [1.82, 2.24) is 10.2 Å². The minimum atomic E-state index is 0. The van der Waals surface area contributed by atoms with Crippen LogP contribution in [-0.4, -0.2) is 43.5 Å². The number of rotatable bonds is 2. The molecular weight excluding hydrogens is 171 g/mol. The minimum absolute atomic E-state index is 0. The Morgan fingerprint density at radius 3 is 2.40 bits per heavy atom. The highest BCUT2D eigenvalue weighted by atomic mass is 35.5. The molecule has 0 aromatic carbocycles. The zero-order valence-electron chi connectivity index (χ0n) is 5.98. The fourth-order valence-electron chi connectivity index (χ4n) is 1.05. The standard InChI is InChI=1S/C6H13ClN2.ClH/c7-1-4-9-5-2-8-3-6-9;/h8H,1-6H2;1H. The molecule has 1 aliphatic heterocycles. The summed E-state index contributed by atoms with van der Waals surface area (Å²) in [6, 6.07) is 0. The quantitative estimate of drug-likeness (QED) is 0.632. The Morgan fingerprint density at radius 1 is 1.30 bits per heavy atom. The lowest BCUT2D eigenvalue weighted by molar-refractivity contribution is 0.254. The van der Waals surface area contributed by atoms with Crippen LogP contribution in [0.1, 0.15) is 0 Å². The summed E-state index contributed by atoms with van der Waals surface area (Å²) in [5, 5.41) is 3.29. The molecule has 10 heavy (non-hydrogen) atoms. The van der Waals surface area contributed by atoms with Crippen molar-refractivity contribution in [3.63, 3.8) is 0 Å². The summed E-state index contributed by atoms with van der Waals surface area (Å²) in [6.07, 6.45) is 0. The van der Waals surface area contributed by atoms with Crippen LogP contribution in [0.15, 0.2) is 0 Å². The van der Waals surface area contributed by atoms with Crippen molar-refractivity contribution >= 4 is 24.0 Å². The first-order valence-electron chi connectivity index (χ1n) is 3.42. The smallest absolute Gasteiger partial charge is 0.0351 e. The van der Waals surface area contributed by atoms with Gasteiger partial charge in [-0.2, -0.15) is 0 Å². The normalized spacial score (nSPS) is 20.1. The maximum Gasteiger partial charge on any atom is 0.0351 e. The summed E-state index contributed by atoms with van der Waals surface area (Å²) in [4.78, 5) is 2.38. The van der Waals surface area contributed by atoms with Crippen LogP contribution in [0.4, 0.5) is 0 Å². The molecule has 0 aliphatic carbocycles. The molecule has 0 radical (unpaired) electrons. The molecule has 0 amide bonds. The van der Waals surface area contributed by atoms with E-state index in [-0.39, 0.29) is 12.4 Å². The average molecular weight is 185 g/mol. The van der Waals surface area contributed by atoms with Gasteiger partial charge in [0.2, 0.25) is 0 Å². The molecule has 0 bridgehead atoms. The Hall–Kier alpha value is 0.500. The topological polar surface area (TPSA) is 15.3 Å². The van der Waals surface area contributed by atoms with E-state index in [0.717, 1.165) is 38.6 Å². The van der Waals surface area contributed by atoms with Gasteiger partial charge in [0.05, 0.1) is 0 Å². The molecular formula is C6H14Cl2N2. The van der Waals surface area contributed by atoms with Gasteiger partial charge in [0.1, 0.15) is 0 Å². The molecule has 1 heterocycles. The summed E-state index contributed by atoms with van der Waals surface area (Å²) in [6.45, 7) is 5.61. The second-order valence-electron chi connectivity index (χ2n) is 2.28. The zero-order chi connectivity index (χ0) is 6.53. The maximum absolute atomic E-state index is 5.57. The van der Waals surface area contributed by atoms with Gasteiger partial charge in [0, 0.05) is 38.6 Å².